The number of aliphatic hydroxyl groups is 1. The molecule has 0 aromatic heterocycles. The number of carbonyl (C=O) groups is 1. The first-order valence-corrected chi connectivity index (χ1v) is 5.23. The number of rotatable bonds is 5. The average Bonchev–Trinajstić information content (AvgIpc) is 2.35. The molecule has 0 fully saturated rings. The lowest BCUT2D eigenvalue weighted by molar-refractivity contribution is -0.384. The number of aliphatic hydroxyl groups excluding tert-OH is 1. The summed E-state index contributed by atoms with van der Waals surface area (Å²) in [5, 5.41) is 19.6. The number of hydrogen-bond acceptors (Lipinski definition) is 5. The van der Waals surface area contributed by atoms with E-state index in [1.54, 1.807) is 0 Å². The zero-order chi connectivity index (χ0) is 12.8. The standard InChI is InChI=1S/C10H10ClNO5/c11-5-9(13)6-17-10(14)7-2-1-3-8(4-7)12(15)16/h1-4,9,13H,5-6H2/t9-/m0/s1. The molecule has 0 unspecified atom stereocenters. The van der Waals surface area contributed by atoms with E-state index in [1.165, 1.54) is 18.2 Å². The van der Waals surface area contributed by atoms with E-state index in [1.807, 2.05) is 0 Å². The average molecular weight is 260 g/mol. The molecule has 0 heterocycles. The summed E-state index contributed by atoms with van der Waals surface area (Å²) in [5.74, 6) is -0.791. The molecule has 0 radical (unpaired) electrons. The molecule has 0 aliphatic heterocycles. The number of nitrogens with zero attached hydrogens (tertiary/aromatic N) is 1. The maximum atomic E-state index is 11.4. The van der Waals surface area contributed by atoms with Crippen LogP contribution in [0.5, 0.6) is 0 Å². The van der Waals surface area contributed by atoms with Gasteiger partial charge in [-0.05, 0) is 6.07 Å². The van der Waals surface area contributed by atoms with Gasteiger partial charge in [0.2, 0.25) is 0 Å². The Morgan fingerprint density at radius 2 is 2.29 bits per heavy atom. The Hall–Kier alpha value is -1.66. The van der Waals surface area contributed by atoms with E-state index < -0.39 is 17.0 Å². The van der Waals surface area contributed by atoms with Gasteiger partial charge in [-0.2, -0.15) is 0 Å². The van der Waals surface area contributed by atoms with Gasteiger partial charge in [0.1, 0.15) is 12.7 Å². The van der Waals surface area contributed by atoms with Crippen LogP contribution in [0.4, 0.5) is 5.69 Å². The van der Waals surface area contributed by atoms with Crippen molar-refractivity contribution >= 4 is 23.3 Å². The quantitative estimate of drug-likeness (QED) is 0.373. The number of hydrogen-bond donors (Lipinski definition) is 1. The van der Waals surface area contributed by atoms with E-state index in [-0.39, 0.29) is 23.7 Å². The van der Waals surface area contributed by atoms with Gasteiger partial charge in [-0.15, -0.1) is 11.6 Å². The van der Waals surface area contributed by atoms with Crippen molar-refractivity contribution in [3.05, 3.63) is 39.9 Å². The molecule has 0 aliphatic rings. The molecule has 0 amide bonds. The Bertz CT molecular complexity index is 423. The lowest BCUT2D eigenvalue weighted by Gasteiger charge is -2.07. The zero-order valence-corrected chi connectivity index (χ0v) is 9.46. The molecule has 0 aliphatic carbocycles. The van der Waals surface area contributed by atoms with Crippen LogP contribution in [0.15, 0.2) is 24.3 Å². The summed E-state index contributed by atoms with van der Waals surface area (Å²) in [7, 11) is 0. The van der Waals surface area contributed by atoms with Gasteiger partial charge in [-0.25, -0.2) is 4.79 Å². The van der Waals surface area contributed by atoms with Crippen molar-refractivity contribution in [2.45, 2.75) is 6.10 Å². The van der Waals surface area contributed by atoms with Crippen LogP contribution in [0.3, 0.4) is 0 Å². The van der Waals surface area contributed by atoms with E-state index in [2.05, 4.69) is 0 Å². The molecule has 1 rings (SSSR count). The minimum absolute atomic E-state index is 0.0534. The maximum absolute atomic E-state index is 11.4. The van der Waals surface area contributed by atoms with Gasteiger partial charge >= 0.3 is 5.97 Å². The summed E-state index contributed by atoms with van der Waals surface area (Å²) in [4.78, 5) is 21.3. The predicted octanol–water partition coefficient (Wildman–Crippen LogP) is 1.35. The van der Waals surface area contributed by atoms with Crippen LogP contribution in [0.2, 0.25) is 0 Å². The lowest BCUT2D eigenvalue weighted by Crippen LogP contribution is -2.19. The first-order chi connectivity index (χ1) is 8.04. The van der Waals surface area contributed by atoms with Gasteiger partial charge in [-0.3, -0.25) is 10.1 Å². The third kappa shape index (κ3) is 4.01. The summed E-state index contributed by atoms with van der Waals surface area (Å²) < 4.78 is 4.72. The van der Waals surface area contributed by atoms with Crippen molar-refractivity contribution in [3.8, 4) is 0 Å². The van der Waals surface area contributed by atoms with Crippen molar-refractivity contribution in [3.63, 3.8) is 0 Å². The molecule has 1 N–H and O–H groups in total. The van der Waals surface area contributed by atoms with Gasteiger partial charge in [0.15, 0.2) is 0 Å². The SMILES string of the molecule is O=C(OC[C@@H](O)CCl)c1cccc([N+](=O)[O-])c1. The Kier molecular flexibility index (Phi) is 4.86. The summed E-state index contributed by atoms with van der Waals surface area (Å²) in [6.45, 7) is -0.245. The number of halogens is 1. The van der Waals surface area contributed by atoms with Gasteiger partial charge in [0, 0.05) is 12.1 Å². The maximum Gasteiger partial charge on any atom is 0.338 e. The summed E-state index contributed by atoms with van der Waals surface area (Å²) in [5.41, 5.74) is -0.140. The van der Waals surface area contributed by atoms with Crippen molar-refractivity contribution in [1.29, 1.82) is 0 Å². The number of esters is 1. The number of benzene rings is 1. The molecule has 1 aromatic rings. The van der Waals surface area contributed by atoms with E-state index in [0.29, 0.717) is 0 Å². The molecule has 1 atom stereocenters. The molecular weight excluding hydrogens is 250 g/mol. The highest BCUT2D eigenvalue weighted by atomic mass is 35.5. The van der Waals surface area contributed by atoms with Crippen molar-refractivity contribution < 1.29 is 19.6 Å². The first kappa shape index (κ1) is 13.4. The van der Waals surface area contributed by atoms with Crippen LogP contribution in [0.25, 0.3) is 0 Å². The monoisotopic (exact) mass is 259 g/mol. The van der Waals surface area contributed by atoms with Crippen LogP contribution >= 0.6 is 11.6 Å². The van der Waals surface area contributed by atoms with Gasteiger partial charge in [0.25, 0.3) is 5.69 Å². The highest BCUT2D eigenvalue weighted by Gasteiger charge is 2.13. The van der Waals surface area contributed by atoms with Gasteiger partial charge in [-0.1, -0.05) is 6.07 Å². The van der Waals surface area contributed by atoms with Gasteiger partial charge < -0.3 is 9.84 Å². The molecule has 0 saturated heterocycles. The fourth-order valence-corrected chi connectivity index (χ4v) is 1.14. The topological polar surface area (TPSA) is 89.7 Å². The molecule has 0 saturated carbocycles. The molecule has 6 nitrogen and oxygen atoms in total. The van der Waals surface area contributed by atoms with Crippen molar-refractivity contribution in [2.75, 3.05) is 12.5 Å². The van der Waals surface area contributed by atoms with Crippen molar-refractivity contribution in [1.82, 2.24) is 0 Å². The molecular formula is C10H10ClNO5. The minimum atomic E-state index is -0.945. The zero-order valence-electron chi connectivity index (χ0n) is 8.71. The van der Waals surface area contributed by atoms with Crippen LogP contribution in [0.1, 0.15) is 10.4 Å². The van der Waals surface area contributed by atoms with E-state index in [0.717, 1.165) is 6.07 Å². The molecule has 0 bridgehead atoms. The smallest absolute Gasteiger partial charge is 0.338 e. The van der Waals surface area contributed by atoms with Crippen LogP contribution in [-0.2, 0) is 4.74 Å². The minimum Gasteiger partial charge on any atom is -0.459 e. The second-order valence-electron chi connectivity index (χ2n) is 3.21. The van der Waals surface area contributed by atoms with Gasteiger partial charge in [0.05, 0.1) is 16.4 Å². The van der Waals surface area contributed by atoms with Crippen LogP contribution in [0, 0.1) is 10.1 Å². The lowest BCUT2D eigenvalue weighted by atomic mass is 10.2. The van der Waals surface area contributed by atoms with E-state index in [9.17, 15) is 14.9 Å². The first-order valence-electron chi connectivity index (χ1n) is 4.70. The highest BCUT2D eigenvalue weighted by Crippen LogP contribution is 2.13. The number of alkyl halides is 1. The fraction of sp³-hybridized carbons (Fsp3) is 0.300. The molecule has 1 aromatic carbocycles. The fourth-order valence-electron chi connectivity index (χ4n) is 1.05. The van der Waals surface area contributed by atoms with E-state index >= 15 is 0 Å². The second-order valence-corrected chi connectivity index (χ2v) is 3.52. The molecule has 0 spiro atoms. The van der Waals surface area contributed by atoms with Crippen LogP contribution < -0.4 is 0 Å². The van der Waals surface area contributed by atoms with Crippen molar-refractivity contribution in [2.24, 2.45) is 0 Å². The Morgan fingerprint density at radius 3 is 2.88 bits per heavy atom. The number of nitro benzene ring substituents is 1. The summed E-state index contributed by atoms with van der Waals surface area (Å²) in [6, 6.07) is 5.15. The Labute approximate surface area is 102 Å². The molecule has 17 heavy (non-hydrogen) atoms. The van der Waals surface area contributed by atoms with E-state index in [4.69, 9.17) is 21.4 Å². The highest BCUT2D eigenvalue weighted by molar-refractivity contribution is 6.18. The summed E-state index contributed by atoms with van der Waals surface area (Å²) >= 11 is 5.32. The second kappa shape index (κ2) is 6.17. The third-order valence-corrected chi connectivity index (χ3v) is 2.23. The number of ether oxygens (including phenoxy) is 1. The Morgan fingerprint density at radius 1 is 1.59 bits per heavy atom. The number of carbonyl (C=O) groups excluding carboxylic acids is 1. The largest absolute Gasteiger partial charge is 0.459 e. The predicted molar refractivity (Wildman–Crippen MR) is 60.1 cm³/mol. The number of nitro groups is 1. The third-order valence-electron chi connectivity index (χ3n) is 1.88. The molecule has 92 valence electrons. The normalized spacial score (nSPS) is 11.9. The Balaban J connectivity index is 2.69. The molecule has 7 heteroatoms. The number of non-ortho nitro benzene ring substituents is 1. The summed E-state index contributed by atoms with van der Waals surface area (Å²) in [6.07, 6.45) is -0.945. The van der Waals surface area contributed by atoms with Crippen LogP contribution in [-0.4, -0.2) is 34.6 Å².